The van der Waals surface area contributed by atoms with Gasteiger partial charge in [-0.05, 0) is 75.0 Å². The quantitative estimate of drug-likeness (QED) is 0.702. The summed E-state index contributed by atoms with van der Waals surface area (Å²) < 4.78 is 0. The van der Waals surface area contributed by atoms with Crippen molar-refractivity contribution in [1.29, 1.82) is 0 Å². The molecule has 28 heavy (non-hydrogen) atoms. The van der Waals surface area contributed by atoms with Crippen molar-refractivity contribution in [3.8, 4) is 0 Å². The largest absolute Gasteiger partial charge is 0.349 e. The molecule has 2 aromatic rings. The lowest BCUT2D eigenvalue weighted by Gasteiger charge is -2.32. The van der Waals surface area contributed by atoms with Crippen molar-refractivity contribution in [2.24, 2.45) is 5.92 Å². The van der Waals surface area contributed by atoms with Crippen molar-refractivity contribution in [3.05, 3.63) is 69.7 Å². The van der Waals surface area contributed by atoms with E-state index < -0.39 is 0 Å². The average molecular weight is 399 g/mol. The molecule has 3 rings (SSSR count). The van der Waals surface area contributed by atoms with Crippen LogP contribution < -0.4 is 5.32 Å². The number of hydrogen-bond donors (Lipinski definition) is 1. The lowest BCUT2D eigenvalue weighted by atomic mass is 9.93. The Labute approximate surface area is 174 Å². The summed E-state index contributed by atoms with van der Waals surface area (Å²) in [4.78, 5) is 15.3. The number of halogens is 1. The smallest absolute Gasteiger partial charge is 0.223 e. The second-order valence-electron chi connectivity index (χ2n) is 8.01. The molecule has 0 bridgehead atoms. The maximum Gasteiger partial charge on any atom is 0.223 e. The van der Waals surface area contributed by atoms with Crippen LogP contribution in [-0.2, 0) is 11.3 Å². The zero-order valence-electron chi connectivity index (χ0n) is 17.2. The summed E-state index contributed by atoms with van der Waals surface area (Å²) in [7, 11) is 0. The molecule has 1 N–H and O–H groups in total. The van der Waals surface area contributed by atoms with Crippen LogP contribution in [0.5, 0.6) is 0 Å². The van der Waals surface area contributed by atoms with E-state index >= 15 is 0 Å². The maximum atomic E-state index is 12.9. The first kappa shape index (κ1) is 20.9. The van der Waals surface area contributed by atoms with Crippen molar-refractivity contribution in [3.63, 3.8) is 0 Å². The number of nitrogens with one attached hydrogen (secondary N) is 1. The van der Waals surface area contributed by atoms with Gasteiger partial charge in [0.25, 0.3) is 0 Å². The van der Waals surface area contributed by atoms with Crippen LogP contribution in [0.2, 0.25) is 5.02 Å². The standard InChI is InChI=1S/C24H31ClN2O/c1-4-23(22-10-5-17(2)15-18(22)3)26-24(28)20-11-13-27(14-12-20)16-19-6-8-21(25)9-7-19/h5-10,15,20,23H,4,11-14,16H2,1-3H3,(H,26,28)/t23-/m1/s1. The topological polar surface area (TPSA) is 32.3 Å². The summed E-state index contributed by atoms with van der Waals surface area (Å²) in [5.41, 5.74) is 5.02. The Hall–Kier alpha value is -1.84. The first-order chi connectivity index (χ1) is 13.5. The van der Waals surface area contributed by atoms with E-state index in [9.17, 15) is 4.79 Å². The summed E-state index contributed by atoms with van der Waals surface area (Å²) in [6.45, 7) is 9.22. The fourth-order valence-electron chi connectivity index (χ4n) is 4.11. The Morgan fingerprint density at radius 3 is 2.43 bits per heavy atom. The number of piperidine rings is 1. The molecule has 1 saturated heterocycles. The third kappa shape index (κ3) is 5.36. The SMILES string of the molecule is CC[C@@H](NC(=O)C1CCN(Cc2ccc(Cl)cc2)CC1)c1ccc(C)cc1C. The van der Waals surface area contributed by atoms with Crippen molar-refractivity contribution in [1.82, 2.24) is 10.2 Å². The molecule has 0 radical (unpaired) electrons. The lowest BCUT2D eigenvalue weighted by molar-refractivity contribution is -0.127. The van der Waals surface area contributed by atoms with E-state index in [-0.39, 0.29) is 17.9 Å². The van der Waals surface area contributed by atoms with Crippen molar-refractivity contribution in [2.75, 3.05) is 13.1 Å². The minimum Gasteiger partial charge on any atom is -0.349 e. The zero-order valence-corrected chi connectivity index (χ0v) is 17.9. The number of carbonyl (C=O) groups is 1. The van der Waals surface area contributed by atoms with Crippen LogP contribution >= 0.6 is 11.6 Å². The first-order valence-electron chi connectivity index (χ1n) is 10.3. The molecule has 1 atom stereocenters. The Morgan fingerprint density at radius 1 is 1.14 bits per heavy atom. The molecule has 4 heteroatoms. The summed E-state index contributed by atoms with van der Waals surface area (Å²) >= 11 is 5.97. The zero-order chi connectivity index (χ0) is 20.1. The highest BCUT2D eigenvalue weighted by atomic mass is 35.5. The molecule has 150 valence electrons. The van der Waals surface area contributed by atoms with E-state index in [0.29, 0.717) is 0 Å². The Bertz CT molecular complexity index is 795. The van der Waals surface area contributed by atoms with E-state index in [2.05, 4.69) is 61.3 Å². The Balaban J connectivity index is 1.53. The van der Waals surface area contributed by atoms with Gasteiger partial charge in [-0.1, -0.05) is 54.4 Å². The van der Waals surface area contributed by atoms with Crippen LogP contribution in [-0.4, -0.2) is 23.9 Å². The molecule has 0 unspecified atom stereocenters. The van der Waals surface area contributed by atoms with Gasteiger partial charge < -0.3 is 5.32 Å². The molecule has 0 saturated carbocycles. The molecular formula is C24H31ClN2O. The molecule has 1 amide bonds. The highest BCUT2D eigenvalue weighted by molar-refractivity contribution is 6.30. The number of rotatable bonds is 6. The van der Waals surface area contributed by atoms with E-state index in [1.807, 2.05) is 12.1 Å². The Morgan fingerprint density at radius 2 is 1.82 bits per heavy atom. The summed E-state index contributed by atoms with van der Waals surface area (Å²) in [5.74, 6) is 0.319. The highest BCUT2D eigenvalue weighted by Gasteiger charge is 2.26. The molecule has 1 aliphatic rings. The third-order valence-corrected chi connectivity index (χ3v) is 6.06. The molecule has 0 aliphatic carbocycles. The van der Waals surface area contributed by atoms with Gasteiger partial charge in [0.2, 0.25) is 5.91 Å². The van der Waals surface area contributed by atoms with Crippen LogP contribution in [0.15, 0.2) is 42.5 Å². The van der Waals surface area contributed by atoms with Crippen LogP contribution in [0, 0.1) is 19.8 Å². The number of amides is 1. The van der Waals surface area contributed by atoms with Gasteiger partial charge in [0, 0.05) is 17.5 Å². The normalized spacial score (nSPS) is 16.7. The number of carbonyl (C=O) groups excluding carboxylic acids is 1. The number of aryl methyl sites for hydroxylation is 2. The number of hydrogen-bond acceptors (Lipinski definition) is 2. The first-order valence-corrected chi connectivity index (χ1v) is 10.7. The fourth-order valence-corrected chi connectivity index (χ4v) is 4.23. The Kier molecular flexibility index (Phi) is 7.14. The monoisotopic (exact) mass is 398 g/mol. The van der Waals surface area contributed by atoms with Gasteiger partial charge in [-0.3, -0.25) is 9.69 Å². The molecule has 1 fully saturated rings. The second-order valence-corrected chi connectivity index (χ2v) is 8.44. The fraction of sp³-hybridized carbons (Fsp3) is 0.458. The van der Waals surface area contributed by atoms with Gasteiger partial charge in [0.1, 0.15) is 0 Å². The second kappa shape index (κ2) is 9.58. The molecule has 1 aliphatic heterocycles. The van der Waals surface area contributed by atoms with Gasteiger partial charge in [0.05, 0.1) is 6.04 Å². The minimum absolute atomic E-state index is 0.0974. The average Bonchev–Trinajstić information content (AvgIpc) is 2.69. The predicted molar refractivity (Wildman–Crippen MR) is 117 cm³/mol. The molecule has 1 heterocycles. The van der Waals surface area contributed by atoms with Crippen molar-refractivity contribution >= 4 is 17.5 Å². The van der Waals surface area contributed by atoms with Gasteiger partial charge in [-0.15, -0.1) is 0 Å². The van der Waals surface area contributed by atoms with Crippen molar-refractivity contribution in [2.45, 2.75) is 52.6 Å². The molecule has 0 aromatic heterocycles. The molecular weight excluding hydrogens is 368 g/mol. The predicted octanol–water partition coefficient (Wildman–Crippen LogP) is 5.44. The van der Waals surface area contributed by atoms with Gasteiger partial charge in [-0.25, -0.2) is 0 Å². The van der Waals surface area contributed by atoms with Gasteiger partial charge in [-0.2, -0.15) is 0 Å². The van der Waals surface area contributed by atoms with Crippen LogP contribution in [0.1, 0.15) is 54.5 Å². The van der Waals surface area contributed by atoms with E-state index in [4.69, 9.17) is 11.6 Å². The van der Waals surface area contributed by atoms with Crippen LogP contribution in [0.25, 0.3) is 0 Å². The molecule has 3 nitrogen and oxygen atoms in total. The van der Waals surface area contributed by atoms with Crippen molar-refractivity contribution < 1.29 is 4.79 Å². The maximum absolute atomic E-state index is 12.9. The van der Waals surface area contributed by atoms with E-state index in [1.165, 1.54) is 22.3 Å². The molecule has 2 aromatic carbocycles. The van der Waals surface area contributed by atoms with Crippen LogP contribution in [0.4, 0.5) is 0 Å². The van der Waals surface area contributed by atoms with Crippen LogP contribution in [0.3, 0.4) is 0 Å². The third-order valence-electron chi connectivity index (χ3n) is 5.80. The summed E-state index contributed by atoms with van der Waals surface area (Å²) in [5, 5.41) is 4.08. The van der Waals surface area contributed by atoms with E-state index in [1.54, 1.807) is 0 Å². The molecule has 0 spiro atoms. The number of nitrogens with zero attached hydrogens (tertiary/aromatic N) is 1. The lowest BCUT2D eigenvalue weighted by Crippen LogP contribution is -2.41. The number of benzene rings is 2. The summed E-state index contributed by atoms with van der Waals surface area (Å²) in [6.07, 6.45) is 2.75. The minimum atomic E-state index is 0.0974. The number of likely N-dealkylation sites (tertiary alicyclic amines) is 1. The van der Waals surface area contributed by atoms with E-state index in [0.717, 1.165) is 43.9 Å². The summed E-state index contributed by atoms with van der Waals surface area (Å²) in [6, 6.07) is 14.6. The highest BCUT2D eigenvalue weighted by Crippen LogP contribution is 2.25. The van der Waals surface area contributed by atoms with Gasteiger partial charge in [0.15, 0.2) is 0 Å². The van der Waals surface area contributed by atoms with Gasteiger partial charge >= 0.3 is 0 Å².